The summed E-state index contributed by atoms with van der Waals surface area (Å²) in [6.07, 6.45) is 0. The summed E-state index contributed by atoms with van der Waals surface area (Å²) in [5.41, 5.74) is 7.15. The summed E-state index contributed by atoms with van der Waals surface area (Å²) in [5, 5.41) is 3.99. The number of halogens is 2. The Morgan fingerprint density at radius 3 is 2.45 bits per heavy atom. The third-order valence-electron chi connectivity index (χ3n) is 2.97. The van der Waals surface area contributed by atoms with E-state index in [9.17, 15) is 4.39 Å². The Balaban J connectivity index is 2.28. The fourth-order valence-electron chi connectivity index (χ4n) is 2.07. The average molecular weight is 289 g/mol. The van der Waals surface area contributed by atoms with Gasteiger partial charge < -0.3 is 10.3 Å². The van der Waals surface area contributed by atoms with Crippen molar-refractivity contribution >= 4 is 17.4 Å². The van der Waals surface area contributed by atoms with Crippen LogP contribution >= 0.6 is 11.6 Å². The first-order valence-electron chi connectivity index (χ1n) is 5.93. The summed E-state index contributed by atoms with van der Waals surface area (Å²) in [5.74, 6) is 0.0375. The molecule has 0 aliphatic carbocycles. The summed E-state index contributed by atoms with van der Waals surface area (Å²) < 4.78 is 19.3. The van der Waals surface area contributed by atoms with Crippen LogP contribution in [0.1, 0.15) is 0 Å². The van der Waals surface area contributed by atoms with E-state index in [-0.39, 0.29) is 16.4 Å². The topological polar surface area (TPSA) is 52.0 Å². The molecule has 3 nitrogen and oxygen atoms in total. The number of rotatable bonds is 2. The Kier molecular flexibility index (Phi) is 3.16. The van der Waals surface area contributed by atoms with Gasteiger partial charge in [-0.1, -0.05) is 53.2 Å². The van der Waals surface area contributed by atoms with E-state index in [0.29, 0.717) is 11.3 Å². The van der Waals surface area contributed by atoms with E-state index in [1.54, 1.807) is 6.07 Å². The zero-order valence-electron chi connectivity index (χ0n) is 10.3. The van der Waals surface area contributed by atoms with E-state index in [4.69, 9.17) is 21.9 Å². The van der Waals surface area contributed by atoms with Crippen LogP contribution in [0, 0.1) is 5.82 Å². The molecule has 0 unspecified atom stereocenters. The fourth-order valence-corrected chi connectivity index (χ4v) is 2.32. The van der Waals surface area contributed by atoms with Crippen LogP contribution in [0.2, 0.25) is 5.02 Å². The van der Waals surface area contributed by atoms with Crippen LogP contribution < -0.4 is 5.73 Å². The number of anilines is 1. The summed E-state index contributed by atoms with van der Waals surface area (Å²) in [7, 11) is 0. The number of nitrogens with zero attached hydrogens (tertiary/aromatic N) is 1. The van der Waals surface area contributed by atoms with E-state index >= 15 is 0 Å². The minimum absolute atomic E-state index is 0.107. The van der Waals surface area contributed by atoms with Crippen molar-refractivity contribution < 1.29 is 8.91 Å². The molecule has 0 saturated carbocycles. The van der Waals surface area contributed by atoms with E-state index < -0.39 is 5.82 Å². The lowest BCUT2D eigenvalue weighted by Crippen LogP contribution is -1.92. The monoisotopic (exact) mass is 288 g/mol. The molecule has 20 heavy (non-hydrogen) atoms. The van der Waals surface area contributed by atoms with Crippen molar-refractivity contribution in [1.82, 2.24) is 5.16 Å². The minimum atomic E-state index is -0.468. The summed E-state index contributed by atoms with van der Waals surface area (Å²) >= 11 is 6.09. The maximum Gasteiger partial charge on any atom is 0.177 e. The van der Waals surface area contributed by atoms with Gasteiger partial charge in [-0.15, -0.1) is 0 Å². The van der Waals surface area contributed by atoms with Crippen molar-refractivity contribution in [3.8, 4) is 22.5 Å². The molecule has 5 heteroatoms. The molecule has 1 heterocycles. The smallest absolute Gasteiger partial charge is 0.177 e. The molecule has 2 N–H and O–H groups in total. The number of aromatic nitrogens is 1. The maximum absolute atomic E-state index is 14.1. The first-order chi connectivity index (χ1) is 9.68. The standard InChI is InChI=1S/C15H10ClFN2O/c16-10-7-4-8-11(17)12(10)13-14(20-19-15(13)18)9-5-2-1-3-6-9/h1-8H,(H2,18,19). The van der Waals surface area contributed by atoms with Crippen LogP contribution in [0.3, 0.4) is 0 Å². The van der Waals surface area contributed by atoms with Crippen LogP contribution in [0.15, 0.2) is 53.1 Å². The zero-order chi connectivity index (χ0) is 14.1. The van der Waals surface area contributed by atoms with Gasteiger partial charge in [-0.2, -0.15) is 0 Å². The molecule has 0 aliphatic rings. The Labute approximate surface area is 119 Å². The predicted molar refractivity (Wildman–Crippen MR) is 76.8 cm³/mol. The number of hydrogen-bond acceptors (Lipinski definition) is 3. The second kappa shape index (κ2) is 4.98. The Morgan fingerprint density at radius 2 is 1.75 bits per heavy atom. The highest BCUT2D eigenvalue weighted by Gasteiger charge is 2.22. The molecule has 0 saturated heterocycles. The van der Waals surface area contributed by atoms with Gasteiger partial charge in [-0.25, -0.2) is 4.39 Å². The molecule has 0 atom stereocenters. The third kappa shape index (κ3) is 2.04. The first kappa shape index (κ1) is 12.7. The number of hydrogen-bond donors (Lipinski definition) is 1. The van der Waals surface area contributed by atoms with Crippen LogP contribution in [-0.2, 0) is 0 Å². The highest BCUT2D eigenvalue weighted by molar-refractivity contribution is 6.33. The van der Waals surface area contributed by atoms with E-state index in [1.165, 1.54) is 12.1 Å². The lowest BCUT2D eigenvalue weighted by Gasteiger charge is -2.06. The molecule has 0 radical (unpaired) electrons. The maximum atomic E-state index is 14.1. The van der Waals surface area contributed by atoms with E-state index in [1.807, 2.05) is 30.3 Å². The molecule has 100 valence electrons. The zero-order valence-corrected chi connectivity index (χ0v) is 11.1. The third-order valence-corrected chi connectivity index (χ3v) is 3.28. The molecule has 0 fully saturated rings. The van der Waals surface area contributed by atoms with Gasteiger partial charge in [-0.05, 0) is 12.1 Å². The van der Waals surface area contributed by atoms with Gasteiger partial charge in [0.05, 0.1) is 10.6 Å². The van der Waals surface area contributed by atoms with Gasteiger partial charge in [0.25, 0.3) is 0 Å². The molecule has 3 aromatic rings. The molecule has 0 bridgehead atoms. The molecule has 1 aromatic heterocycles. The Morgan fingerprint density at radius 1 is 1.00 bits per heavy atom. The van der Waals surface area contributed by atoms with Gasteiger partial charge in [0.1, 0.15) is 5.82 Å². The second-order valence-electron chi connectivity index (χ2n) is 4.23. The summed E-state index contributed by atoms with van der Waals surface area (Å²) in [6.45, 7) is 0. The summed E-state index contributed by atoms with van der Waals surface area (Å²) in [6, 6.07) is 13.7. The fraction of sp³-hybridized carbons (Fsp3) is 0. The van der Waals surface area contributed by atoms with Crippen molar-refractivity contribution in [2.45, 2.75) is 0 Å². The van der Waals surface area contributed by atoms with Crippen LogP contribution in [0.4, 0.5) is 10.2 Å². The molecule has 0 amide bonds. The molecular formula is C15H10ClFN2O. The van der Waals surface area contributed by atoms with Crippen LogP contribution in [0.25, 0.3) is 22.5 Å². The van der Waals surface area contributed by atoms with E-state index in [0.717, 1.165) is 5.56 Å². The average Bonchev–Trinajstić information content (AvgIpc) is 2.82. The number of benzene rings is 2. The van der Waals surface area contributed by atoms with Crippen molar-refractivity contribution in [2.75, 3.05) is 5.73 Å². The van der Waals surface area contributed by atoms with Gasteiger partial charge in [0, 0.05) is 11.1 Å². The molecular weight excluding hydrogens is 279 g/mol. The van der Waals surface area contributed by atoms with Crippen molar-refractivity contribution in [3.63, 3.8) is 0 Å². The first-order valence-corrected chi connectivity index (χ1v) is 6.31. The van der Waals surface area contributed by atoms with E-state index in [2.05, 4.69) is 5.16 Å². The van der Waals surface area contributed by atoms with Crippen LogP contribution in [0.5, 0.6) is 0 Å². The molecule has 0 aliphatic heterocycles. The van der Waals surface area contributed by atoms with Gasteiger partial charge in [0.2, 0.25) is 0 Å². The van der Waals surface area contributed by atoms with Gasteiger partial charge >= 0.3 is 0 Å². The number of nitrogen functional groups attached to an aromatic ring is 1. The predicted octanol–water partition coefficient (Wildman–Crippen LogP) is 4.38. The lowest BCUT2D eigenvalue weighted by molar-refractivity contribution is 0.436. The number of nitrogens with two attached hydrogens (primary N) is 1. The molecule has 0 spiro atoms. The largest absolute Gasteiger partial charge is 0.380 e. The SMILES string of the molecule is Nc1noc(-c2ccccc2)c1-c1c(F)cccc1Cl. The lowest BCUT2D eigenvalue weighted by atomic mass is 10.0. The van der Waals surface area contributed by atoms with Crippen molar-refractivity contribution in [3.05, 3.63) is 59.4 Å². The van der Waals surface area contributed by atoms with Crippen molar-refractivity contribution in [1.29, 1.82) is 0 Å². The molecule has 3 rings (SSSR count). The second-order valence-corrected chi connectivity index (χ2v) is 4.64. The summed E-state index contributed by atoms with van der Waals surface area (Å²) in [4.78, 5) is 0. The van der Waals surface area contributed by atoms with Gasteiger partial charge in [-0.3, -0.25) is 0 Å². The molecule has 2 aromatic carbocycles. The van der Waals surface area contributed by atoms with Gasteiger partial charge in [0.15, 0.2) is 11.6 Å². The van der Waals surface area contributed by atoms with Crippen LogP contribution in [-0.4, -0.2) is 5.16 Å². The van der Waals surface area contributed by atoms with Crippen molar-refractivity contribution in [2.24, 2.45) is 0 Å². The Hall–Kier alpha value is -2.33. The Bertz CT molecular complexity index is 736. The minimum Gasteiger partial charge on any atom is -0.380 e. The highest BCUT2D eigenvalue weighted by atomic mass is 35.5. The quantitative estimate of drug-likeness (QED) is 0.761. The highest BCUT2D eigenvalue weighted by Crippen LogP contribution is 2.41. The normalized spacial score (nSPS) is 10.7.